The quantitative estimate of drug-likeness (QED) is 0.425. The molecule has 190 valence electrons. The summed E-state index contributed by atoms with van der Waals surface area (Å²) in [6, 6.07) is 5.36. The van der Waals surface area contributed by atoms with E-state index in [0.717, 1.165) is 24.6 Å². The molecule has 0 bridgehead atoms. The van der Waals surface area contributed by atoms with E-state index >= 15 is 0 Å². The second kappa shape index (κ2) is 8.01. The van der Waals surface area contributed by atoms with Gasteiger partial charge >= 0.3 is 6.18 Å². The van der Waals surface area contributed by atoms with Crippen molar-refractivity contribution >= 4 is 34.8 Å². The van der Waals surface area contributed by atoms with Crippen LogP contribution >= 0.6 is 11.6 Å². The number of ether oxygens (including phenoxy) is 1. The van der Waals surface area contributed by atoms with Gasteiger partial charge in [-0.2, -0.15) is 13.2 Å². The van der Waals surface area contributed by atoms with Crippen LogP contribution in [0.25, 0.3) is 11.1 Å². The van der Waals surface area contributed by atoms with Gasteiger partial charge in [-0.25, -0.2) is 15.0 Å². The number of benzene rings is 1. The molecule has 2 aliphatic heterocycles. The van der Waals surface area contributed by atoms with E-state index in [1.807, 2.05) is 17.0 Å². The van der Waals surface area contributed by atoms with E-state index in [9.17, 15) is 13.2 Å². The Labute approximate surface area is 214 Å². The number of nitrogens with two attached hydrogens (primary N) is 2. The molecule has 0 spiro atoms. The van der Waals surface area contributed by atoms with Crippen molar-refractivity contribution in [3.8, 4) is 16.9 Å². The summed E-state index contributed by atoms with van der Waals surface area (Å²) in [6.07, 6.45) is 2.71. The Hall–Kier alpha value is -3.99. The normalized spacial score (nSPS) is 17.3. The van der Waals surface area contributed by atoms with Crippen molar-refractivity contribution < 1.29 is 17.9 Å². The fourth-order valence-corrected chi connectivity index (χ4v) is 5.47. The molecular formula is C25H21ClF3N7O. The van der Waals surface area contributed by atoms with Crippen LogP contribution in [0.3, 0.4) is 0 Å². The van der Waals surface area contributed by atoms with Gasteiger partial charge in [0.1, 0.15) is 36.2 Å². The number of hydrogen-bond donors (Lipinski definition) is 3. The smallest absolute Gasteiger partial charge is 0.418 e. The fraction of sp³-hybridized carbons (Fsp3) is 0.240. The molecule has 5 N–H and O–H groups in total. The minimum Gasteiger partial charge on any atom is -0.463 e. The molecule has 0 unspecified atom stereocenters. The number of aliphatic imine (C=N–C) groups is 1. The third-order valence-electron chi connectivity index (χ3n) is 7.04. The average molecular weight is 528 g/mol. The zero-order chi connectivity index (χ0) is 26.1. The van der Waals surface area contributed by atoms with Gasteiger partial charge in [-0.05, 0) is 37.5 Å². The lowest BCUT2D eigenvalue weighted by atomic mass is 9.94. The summed E-state index contributed by atoms with van der Waals surface area (Å²) >= 11 is 6.86. The highest BCUT2D eigenvalue weighted by atomic mass is 35.5. The van der Waals surface area contributed by atoms with E-state index in [2.05, 4.69) is 15.3 Å². The molecule has 0 saturated heterocycles. The van der Waals surface area contributed by atoms with Crippen LogP contribution in [-0.2, 0) is 11.7 Å². The lowest BCUT2D eigenvalue weighted by Gasteiger charge is -2.34. The molecule has 0 radical (unpaired) electrons. The molecule has 1 aliphatic carbocycles. The summed E-state index contributed by atoms with van der Waals surface area (Å²) in [5.74, 6) is 1.34. The second-order valence-corrected chi connectivity index (χ2v) is 9.48. The zero-order valence-electron chi connectivity index (χ0n) is 19.5. The van der Waals surface area contributed by atoms with Crippen LogP contribution in [0.15, 0.2) is 48.0 Å². The van der Waals surface area contributed by atoms with Crippen molar-refractivity contribution in [3.05, 3.63) is 70.3 Å². The van der Waals surface area contributed by atoms with Gasteiger partial charge in [0, 0.05) is 35.3 Å². The van der Waals surface area contributed by atoms with E-state index in [4.69, 9.17) is 32.8 Å². The van der Waals surface area contributed by atoms with Crippen LogP contribution in [-0.4, -0.2) is 27.4 Å². The summed E-state index contributed by atoms with van der Waals surface area (Å²) in [4.78, 5) is 14.8. The van der Waals surface area contributed by atoms with E-state index in [-0.39, 0.29) is 34.2 Å². The van der Waals surface area contributed by atoms with Gasteiger partial charge in [-0.15, -0.1) is 0 Å². The highest BCUT2D eigenvalue weighted by Gasteiger charge is 2.53. The number of alkyl halides is 3. The molecule has 0 atom stereocenters. The maximum absolute atomic E-state index is 13.6. The Morgan fingerprint density at radius 2 is 1.95 bits per heavy atom. The van der Waals surface area contributed by atoms with Crippen LogP contribution in [0, 0.1) is 6.92 Å². The molecular weight excluding hydrogens is 507 g/mol. The van der Waals surface area contributed by atoms with E-state index < -0.39 is 17.3 Å². The largest absolute Gasteiger partial charge is 0.463 e. The highest BCUT2D eigenvalue weighted by molar-refractivity contribution is 6.37. The van der Waals surface area contributed by atoms with Crippen molar-refractivity contribution in [2.24, 2.45) is 4.99 Å². The van der Waals surface area contributed by atoms with E-state index in [1.165, 1.54) is 13.2 Å². The SMILES string of the molecule is Cc1c(C(F)(F)F)cnc(N)c1-c1cc2c3c(c1Cl)NCN=C3N(C1(c3cccnc3N)CC1)C=CO2. The molecule has 8 nitrogen and oxygen atoms in total. The molecule has 0 amide bonds. The first-order valence-electron chi connectivity index (χ1n) is 11.4. The van der Waals surface area contributed by atoms with Gasteiger partial charge in [0.25, 0.3) is 0 Å². The molecule has 1 saturated carbocycles. The molecule has 6 rings (SSSR count). The number of nitrogens with zero attached hydrogens (tertiary/aromatic N) is 4. The molecule has 3 aliphatic rings. The monoisotopic (exact) mass is 527 g/mol. The number of halogens is 4. The van der Waals surface area contributed by atoms with Gasteiger partial charge in [0.15, 0.2) is 0 Å². The zero-order valence-corrected chi connectivity index (χ0v) is 20.3. The minimum atomic E-state index is -4.60. The predicted molar refractivity (Wildman–Crippen MR) is 135 cm³/mol. The number of rotatable bonds is 3. The van der Waals surface area contributed by atoms with Crippen molar-refractivity contribution in [1.29, 1.82) is 0 Å². The Balaban J connectivity index is 1.53. The summed E-state index contributed by atoms with van der Waals surface area (Å²) in [7, 11) is 0. The van der Waals surface area contributed by atoms with Crippen molar-refractivity contribution in [2.75, 3.05) is 23.5 Å². The van der Waals surface area contributed by atoms with E-state index in [0.29, 0.717) is 28.7 Å². The number of hydrogen-bond acceptors (Lipinski definition) is 8. The molecule has 12 heteroatoms. The maximum atomic E-state index is 13.6. The fourth-order valence-electron chi connectivity index (χ4n) is 5.16. The predicted octanol–water partition coefficient (Wildman–Crippen LogP) is 5.27. The Bertz CT molecular complexity index is 1520. The summed E-state index contributed by atoms with van der Waals surface area (Å²) in [6.45, 7) is 1.55. The number of nitrogen functional groups attached to an aromatic ring is 2. The van der Waals surface area contributed by atoms with E-state index in [1.54, 1.807) is 18.5 Å². The lowest BCUT2D eigenvalue weighted by Crippen LogP contribution is -2.39. The molecule has 4 heterocycles. The third kappa shape index (κ3) is 3.48. The Kier molecular flexibility index (Phi) is 5.07. The molecule has 1 aromatic carbocycles. The molecule has 2 aromatic heterocycles. The summed E-state index contributed by atoms with van der Waals surface area (Å²) in [5, 5.41) is 3.35. The van der Waals surface area contributed by atoms with Crippen LogP contribution in [0.4, 0.5) is 30.5 Å². The van der Waals surface area contributed by atoms with Gasteiger partial charge in [0.2, 0.25) is 0 Å². The number of nitrogens with one attached hydrogen (secondary N) is 1. The first kappa shape index (κ1) is 23.4. The Morgan fingerprint density at radius 1 is 1.16 bits per heavy atom. The molecule has 1 fully saturated rings. The number of amidine groups is 1. The van der Waals surface area contributed by atoms with Gasteiger partial charge in [-0.3, -0.25) is 0 Å². The van der Waals surface area contributed by atoms with Gasteiger partial charge in [0.05, 0.1) is 27.4 Å². The Morgan fingerprint density at radius 3 is 2.65 bits per heavy atom. The van der Waals surface area contributed by atoms with Crippen molar-refractivity contribution in [1.82, 2.24) is 14.9 Å². The second-order valence-electron chi connectivity index (χ2n) is 9.10. The number of pyridine rings is 2. The standard InChI is InChI=1S/C25H21ClF3N7O/c1-12-15(25(27,28)29)10-33-22(31)17(12)13-9-16-18-20(19(13)26)34-11-35-23(18)36(7-8-37-16)24(4-5-24)14-3-2-6-32-21(14)30/h2-3,6-10,34H,4-5,11H2,1H3,(H2,30,32)(H2,31,33). The van der Waals surface area contributed by atoms with Crippen LogP contribution in [0.2, 0.25) is 5.02 Å². The molecule has 37 heavy (non-hydrogen) atoms. The van der Waals surface area contributed by atoms with Gasteiger partial charge < -0.3 is 26.4 Å². The number of anilines is 3. The lowest BCUT2D eigenvalue weighted by molar-refractivity contribution is -0.138. The first-order valence-corrected chi connectivity index (χ1v) is 11.8. The average Bonchev–Trinajstić information content (AvgIpc) is 3.66. The first-order chi connectivity index (χ1) is 17.6. The summed E-state index contributed by atoms with van der Waals surface area (Å²) in [5.41, 5.74) is 13.2. The van der Waals surface area contributed by atoms with Crippen LogP contribution < -0.4 is 21.5 Å². The summed E-state index contributed by atoms with van der Waals surface area (Å²) < 4.78 is 46.9. The van der Waals surface area contributed by atoms with Crippen LogP contribution in [0.5, 0.6) is 5.75 Å². The van der Waals surface area contributed by atoms with Gasteiger partial charge in [-0.1, -0.05) is 17.7 Å². The third-order valence-corrected chi connectivity index (χ3v) is 7.43. The maximum Gasteiger partial charge on any atom is 0.418 e. The molecule has 3 aromatic rings. The minimum absolute atomic E-state index is 0.0703. The number of aromatic nitrogens is 2. The van der Waals surface area contributed by atoms with Crippen molar-refractivity contribution in [2.45, 2.75) is 31.5 Å². The van der Waals surface area contributed by atoms with Crippen LogP contribution in [0.1, 0.15) is 35.1 Å². The highest BCUT2D eigenvalue weighted by Crippen LogP contribution is 2.55. The van der Waals surface area contributed by atoms with Crippen molar-refractivity contribution in [3.63, 3.8) is 0 Å². The topological polar surface area (TPSA) is 115 Å².